The van der Waals surface area contributed by atoms with Gasteiger partial charge in [0.2, 0.25) is 0 Å². The number of hydrogen-bond acceptors (Lipinski definition) is 6. The molecular weight excluding hydrogens is 650 g/mol. The van der Waals surface area contributed by atoms with Crippen molar-refractivity contribution in [1.82, 2.24) is 20.4 Å². The SMILES string of the molecule is Oc1ccccc1-c1nnc(-c2cccc3ccccc23)[sH+]1.Oc1ccccc1-c1nnc(-c2cccc3ccccc23)[sH+]1.[Zn]. The van der Waals surface area contributed by atoms with E-state index in [4.69, 9.17) is 0 Å². The summed E-state index contributed by atoms with van der Waals surface area (Å²) in [6.45, 7) is 0. The van der Waals surface area contributed by atoms with Crippen LogP contribution in [0.25, 0.3) is 63.8 Å². The first-order valence-electron chi connectivity index (χ1n) is 13.9. The van der Waals surface area contributed by atoms with E-state index in [2.05, 4.69) is 68.9 Å². The van der Waals surface area contributed by atoms with E-state index in [-0.39, 0.29) is 31.0 Å². The van der Waals surface area contributed by atoms with Gasteiger partial charge in [0.25, 0.3) is 20.0 Å². The molecule has 0 spiro atoms. The first-order chi connectivity index (χ1) is 21.7. The Morgan fingerprint density at radius 3 is 1.09 bits per heavy atom. The van der Waals surface area contributed by atoms with Crippen molar-refractivity contribution in [2.75, 3.05) is 0 Å². The van der Waals surface area contributed by atoms with Crippen LogP contribution >= 0.6 is 22.7 Å². The molecule has 0 radical (unpaired) electrons. The molecule has 0 amide bonds. The van der Waals surface area contributed by atoms with Crippen LogP contribution in [0.4, 0.5) is 0 Å². The van der Waals surface area contributed by atoms with Crippen molar-refractivity contribution in [2.24, 2.45) is 0 Å². The molecule has 0 aliphatic rings. The number of benzene rings is 6. The molecule has 214 valence electrons. The van der Waals surface area contributed by atoms with Gasteiger partial charge in [-0.2, -0.15) is 0 Å². The van der Waals surface area contributed by atoms with Gasteiger partial charge in [-0.25, -0.2) is 0 Å². The molecule has 0 aliphatic heterocycles. The van der Waals surface area contributed by atoms with Crippen LogP contribution in [0.1, 0.15) is 0 Å². The predicted octanol–water partition coefficient (Wildman–Crippen LogP) is 8.92. The summed E-state index contributed by atoms with van der Waals surface area (Å²) in [5, 5.41) is 45.2. The summed E-state index contributed by atoms with van der Waals surface area (Å²) in [4.78, 5) is 0. The monoisotopic (exact) mass is 674 g/mol. The van der Waals surface area contributed by atoms with Crippen LogP contribution in [0.15, 0.2) is 133 Å². The third kappa shape index (κ3) is 6.24. The Balaban J connectivity index is 0.000000155. The van der Waals surface area contributed by atoms with Crippen molar-refractivity contribution >= 4 is 44.2 Å². The Bertz CT molecular complexity index is 2080. The largest absolute Gasteiger partial charge is 0.507 e. The molecule has 6 aromatic carbocycles. The van der Waals surface area contributed by atoms with Crippen molar-refractivity contribution in [1.29, 1.82) is 0 Å². The second kappa shape index (κ2) is 13.4. The van der Waals surface area contributed by atoms with Gasteiger partial charge in [-0.3, -0.25) is 0 Å². The maximum absolute atomic E-state index is 9.96. The molecular formula is C36H26N4O2S2Zn+2. The predicted molar refractivity (Wildman–Crippen MR) is 183 cm³/mol. The number of fused-ring (bicyclic) bond motifs is 2. The Labute approximate surface area is 280 Å². The molecule has 8 rings (SSSR count). The quantitative estimate of drug-likeness (QED) is 0.143. The smallest absolute Gasteiger partial charge is 0.295 e. The second-order valence-corrected chi connectivity index (χ2v) is 12.1. The maximum Gasteiger partial charge on any atom is 0.295 e. The summed E-state index contributed by atoms with van der Waals surface area (Å²) in [6, 6.07) is 43.4. The van der Waals surface area contributed by atoms with Gasteiger partial charge in [0.1, 0.15) is 11.5 Å². The van der Waals surface area contributed by atoms with Crippen LogP contribution < -0.4 is 0 Å². The molecule has 6 nitrogen and oxygen atoms in total. The van der Waals surface area contributed by atoms with Crippen LogP contribution in [0.2, 0.25) is 0 Å². The molecule has 8 aromatic rings. The minimum atomic E-state index is 0. The van der Waals surface area contributed by atoms with Crippen molar-refractivity contribution in [3.05, 3.63) is 133 Å². The van der Waals surface area contributed by atoms with E-state index >= 15 is 0 Å². The summed E-state index contributed by atoms with van der Waals surface area (Å²) >= 11 is 1.83. The fraction of sp³-hybridized carbons (Fsp3) is 0. The summed E-state index contributed by atoms with van der Waals surface area (Å²) in [5.41, 5.74) is 3.66. The minimum absolute atomic E-state index is 0. The van der Waals surface area contributed by atoms with E-state index in [9.17, 15) is 10.2 Å². The van der Waals surface area contributed by atoms with Gasteiger partial charge >= 0.3 is 0 Å². The maximum atomic E-state index is 9.96. The minimum Gasteiger partial charge on any atom is -0.507 e. The van der Waals surface area contributed by atoms with Crippen molar-refractivity contribution in [3.63, 3.8) is 0 Å². The zero-order valence-electron chi connectivity index (χ0n) is 24.0. The number of phenols is 2. The summed E-state index contributed by atoms with van der Waals surface area (Å²) in [6.07, 6.45) is 0. The second-order valence-electron chi connectivity index (χ2n) is 10.0. The third-order valence-corrected chi connectivity index (χ3v) is 9.42. The number of hydrogen-bond donors (Lipinski definition) is 2. The molecule has 0 bridgehead atoms. The van der Waals surface area contributed by atoms with Gasteiger partial charge in [0.15, 0.2) is 0 Å². The Morgan fingerprint density at radius 1 is 0.356 bits per heavy atom. The zero-order chi connectivity index (χ0) is 29.9. The molecule has 0 aliphatic carbocycles. The first-order valence-corrected chi connectivity index (χ1v) is 15.7. The van der Waals surface area contributed by atoms with Crippen LogP contribution in [0, 0.1) is 0 Å². The van der Waals surface area contributed by atoms with Crippen molar-refractivity contribution in [2.45, 2.75) is 0 Å². The number of aromatic nitrogens is 4. The molecule has 0 saturated heterocycles. The van der Waals surface area contributed by atoms with Gasteiger partial charge in [0, 0.05) is 42.2 Å². The molecule has 2 heterocycles. The number of phenolic OH excluding ortho intramolecular Hbond substituents is 2. The fourth-order valence-corrected chi connectivity index (χ4v) is 7.11. The normalized spacial score (nSPS) is 10.7. The van der Waals surface area contributed by atoms with E-state index < -0.39 is 0 Å². The zero-order valence-corrected chi connectivity index (χ0v) is 28.7. The fourth-order valence-electron chi connectivity index (χ4n) is 5.10. The van der Waals surface area contributed by atoms with E-state index in [0.717, 1.165) is 65.0 Å². The summed E-state index contributed by atoms with van der Waals surface area (Å²) in [7, 11) is 0. The number of rotatable bonds is 4. The van der Waals surface area contributed by atoms with E-state index in [1.54, 1.807) is 24.3 Å². The van der Waals surface area contributed by atoms with E-state index in [1.165, 1.54) is 21.5 Å². The molecule has 0 saturated carbocycles. The van der Waals surface area contributed by atoms with Crippen LogP contribution in [0.3, 0.4) is 0 Å². The number of aromatic hydroxyl groups is 2. The number of para-hydroxylation sites is 2. The summed E-state index contributed by atoms with van der Waals surface area (Å²) in [5.74, 6) is 0.478. The van der Waals surface area contributed by atoms with E-state index in [1.807, 2.05) is 60.7 Å². The summed E-state index contributed by atoms with van der Waals surface area (Å²) < 4.78 is 0. The van der Waals surface area contributed by atoms with Gasteiger partial charge in [-0.05, 0) is 57.9 Å². The topological polar surface area (TPSA) is 92.0 Å². The average molecular weight is 676 g/mol. The first kappa shape index (κ1) is 30.2. The van der Waals surface area contributed by atoms with Gasteiger partial charge < -0.3 is 10.2 Å². The molecule has 9 heteroatoms. The molecule has 2 aromatic heterocycles. The van der Waals surface area contributed by atoms with E-state index in [0.29, 0.717) is 0 Å². The van der Waals surface area contributed by atoms with Crippen LogP contribution in [-0.2, 0) is 19.5 Å². The number of nitrogens with zero attached hydrogens (tertiary/aromatic N) is 4. The van der Waals surface area contributed by atoms with Crippen molar-refractivity contribution in [3.8, 4) is 53.8 Å². The van der Waals surface area contributed by atoms with Crippen molar-refractivity contribution < 1.29 is 29.7 Å². The van der Waals surface area contributed by atoms with Gasteiger partial charge in [0.05, 0.1) is 22.3 Å². The molecule has 0 unspecified atom stereocenters. The molecule has 45 heavy (non-hydrogen) atoms. The molecule has 2 N–H and O–H groups in total. The van der Waals surface area contributed by atoms with Gasteiger partial charge in [-0.15, -0.1) is 0 Å². The third-order valence-electron chi connectivity index (χ3n) is 7.25. The Hall–Kier alpha value is -4.82. The van der Waals surface area contributed by atoms with Gasteiger partial charge in [-0.1, -0.05) is 117 Å². The Kier molecular flexibility index (Phi) is 9.03. The molecule has 0 fully saturated rings. The Morgan fingerprint density at radius 2 is 0.667 bits per heavy atom. The molecule has 0 atom stereocenters. The van der Waals surface area contributed by atoms with Crippen LogP contribution in [0.5, 0.6) is 11.5 Å². The van der Waals surface area contributed by atoms with Crippen LogP contribution in [-0.4, -0.2) is 30.6 Å². The standard InChI is InChI=1S/2C18H12N2OS.Zn/c2*21-16-11-4-3-9-15(16)18-20-19-17(22-18)14-10-5-7-12-6-1-2-8-13(12)14;/h2*1-11,21H;/p+2. The average Bonchev–Trinajstić information content (AvgIpc) is 3.76.